The van der Waals surface area contributed by atoms with Crippen molar-refractivity contribution in [2.24, 2.45) is 28.6 Å². The maximum atomic E-state index is 10.9. The smallest absolute Gasteiger partial charge is 0.302 e. The summed E-state index contributed by atoms with van der Waals surface area (Å²) in [5.41, 5.74) is 2.41. The molecule has 0 aromatic heterocycles. The lowest BCUT2D eigenvalue weighted by Crippen LogP contribution is -2.49. The minimum absolute atomic E-state index is 0.164. The van der Waals surface area contributed by atoms with Gasteiger partial charge in [-0.15, -0.1) is 0 Å². The van der Waals surface area contributed by atoms with E-state index in [9.17, 15) is 4.79 Å². The molecule has 0 N–H and O–H groups in total. The van der Waals surface area contributed by atoms with Gasteiger partial charge in [-0.3, -0.25) is 4.79 Å². The first-order valence-electron chi connectivity index (χ1n) is 9.98. The molecule has 138 valence electrons. The summed E-state index contributed by atoms with van der Waals surface area (Å²) >= 11 is 0. The maximum absolute atomic E-state index is 10.9. The molecule has 0 saturated heterocycles. The Morgan fingerprint density at radius 3 is 2.67 bits per heavy atom. The second-order valence-electron chi connectivity index (χ2n) is 9.46. The number of hydrogen-bond acceptors (Lipinski definition) is 2. The molecule has 2 heteroatoms. The number of carbonyl (C=O) groups is 1. The van der Waals surface area contributed by atoms with Gasteiger partial charge < -0.3 is 4.74 Å². The second kappa shape index (κ2) is 7.62. The highest BCUT2D eigenvalue weighted by molar-refractivity contribution is 5.65. The summed E-state index contributed by atoms with van der Waals surface area (Å²) in [6.45, 7) is 16.3. The van der Waals surface area contributed by atoms with Crippen LogP contribution in [0.1, 0.15) is 86.0 Å². The highest BCUT2D eigenvalue weighted by atomic mass is 16.5. The van der Waals surface area contributed by atoms with E-state index < -0.39 is 0 Å². The second-order valence-corrected chi connectivity index (χ2v) is 9.46. The van der Waals surface area contributed by atoms with E-state index in [0.29, 0.717) is 29.3 Å². The van der Waals surface area contributed by atoms with Crippen LogP contribution in [0.3, 0.4) is 0 Å². The van der Waals surface area contributed by atoms with E-state index in [1.165, 1.54) is 57.4 Å². The lowest BCUT2D eigenvalue weighted by atomic mass is 9.47. The third kappa shape index (κ3) is 4.24. The summed E-state index contributed by atoms with van der Waals surface area (Å²) < 4.78 is 5.10. The fourth-order valence-corrected chi connectivity index (χ4v) is 5.81. The summed E-state index contributed by atoms with van der Waals surface area (Å²) in [6.07, 6.45) is 10.1. The Morgan fingerprint density at radius 2 is 2.00 bits per heavy atom. The molecule has 2 fully saturated rings. The summed E-state index contributed by atoms with van der Waals surface area (Å²) in [7, 11) is 0. The molecule has 2 saturated carbocycles. The largest absolute Gasteiger partial charge is 0.466 e. The highest BCUT2D eigenvalue weighted by Crippen LogP contribution is 2.61. The monoisotopic (exact) mass is 334 g/mol. The number of fused-ring (bicyclic) bond motifs is 1. The van der Waals surface area contributed by atoms with Gasteiger partial charge in [-0.25, -0.2) is 0 Å². The van der Waals surface area contributed by atoms with Crippen molar-refractivity contribution in [2.75, 3.05) is 6.61 Å². The molecule has 0 aliphatic heterocycles. The first-order chi connectivity index (χ1) is 11.2. The quantitative estimate of drug-likeness (QED) is 0.430. The van der Waals surface area contributed by atoms with Gasteiger partial charge in [0.05, 0.1) is 6.61 Å². The fourth-order valence-electron chi connectivity index (χ4n) is 5.81. The zero-order valence-corrected chi connectivity index (χ0v) is 16.6. The van der Waals surface area contributed by atoms with Crippen LogP contribution in [0, 0.1) is 28.6 Å². The molecule has 0 spiro atoms. The molecule has 2 nitrogen and oxygen atoms in total. The molecule has 2 rings (SSSR count). The van der Waals surface area contributed by atoms with Gasteiger partial charge in [-0.05, 0) is 73.5 Å². The van der Waals surface area contributed by atoms with E-state index in [2.05, 4.69) is 34.3 Å². The number of esters is 1. The molecule has 0 aromatic rings. The van der Waals surface area contributed by atoms with Crippen LogP contribution in [0.2, 0.25) is 0 Å². The first kappa shape index (κ1) is 19.5. The minimum atomic E-state index is -0.164. The van der Waals surface area contributed by atoms with Gasteiger partial charge in [0.2, 0.25) is 0 Å². The van der Waals surface area contributed by atoms with Crippen molar-refractivity contribution in [3.05, 3.63) is 12.2 Å². The molecule has 0 amide bonds. The minimum Gasteiger partial charge on any atom is -0.466 e. The summed E-state index contributed by atoms with van der Waals surface area (Å²) in [5, 5.41) is 0. The highest BCUT2D eigenvalue weighted by Gasteiger charge is 2.52. The molecule has 0 bridgehead atoms. The Labute approximate surface area is 149 Å². The van der Waals surface area contributed by atoms with E-state index in [1.54, 1.807) is 0 Å². The molecule has 4 atom stereocenters. The third-order valence-corrected chi connectivity index (χ3v) is 7.18. The van der Waals surface area contributed by atoms with E-state index >= 15 is 0 Å². The SMILES string of the molecule is C=C1CC[C@H]2C(C)(C)CCC[C@]2(C)[C@H]1CC[C@@H](C)CCOC(C)=O. The predicted molar refractivity (Wildman–Crippen MR) is 101 cm³/mol. The Hall–Kier alpha value is -0.790. The normalized spacial score (nSPS) is 33.6. The van der Waals surface area contributed by atoms with Crippen LogP contribution < -0.4 is 0 Å². The van der Waals surface area contributed by atoms with Crippen molar-refractivity contribution in [3.63, 3.8) is 0 Å². The van der Waals surface area contributed by atoms with Crippen LogP contribution in [-0.4, -0.2) is 12.6 Å². The molecular weight excluding hydrogens is 296 g/mol. The number of carbonyl (C=O) groups excluding carboxylic acids is 1. The Morgan fingerprint density at radius 1 is 1.29 bits per heavy atom. The molecule has 0 unspecified atom stereocenters. The van der Waals surface area contributed by atoms with Gasteiger partial charge in [0, 0.05) is 6.92 Å². The predicted octanol–water partition coefficient (Wildman–Crippen LogP) is 6.15. The number of hydrogen-bond donors (Lipinski definition) is 0. The van der Waals surface area contributed by atoms with Gasteiger partial charge in [-0.1, -0.05) is 46.3 Å². The van der Waals surface area contributed by atoms with Crippen LogP contribution in [0.25, 0.3) is 0 Å². The third-order valence-electron chi connectivity index (χ3n) is 7.18. The van der Waals surface area contributed by atoms with Crippen molar-refractivity contribution >= 4 is 5.97 Å². The Balaban J connectivity index is 1.97. The molecule has 0 heterocycles. The van der Waals surface area contributed by atoms with Gasteiger partial charge in [0.25, 0.3) is 0 Å². The Kier molecular flexibility index (Phi) is 6.20. The van der Waals surface area contributed by atoms with E-state index in [1.807, 2.05) is 0 Å². The van der Waals surface area contributed by atoms with Gasteiger partial charge in [0.15, 0.2) is 0 Å². The first-order valence-corrected chi connectivity index (χ1v) is 9.98. The van der Waals surface area contributed by atoms with Crippen molar-refractivity contribution < 1.29 is 9.53 Å². The topological polar surface area (TPSA) is 26.3 Å². The van der Waals surface area contributed by atoms with Crippen molar-refractivity contribution in [2.45, 2.75) is 86.0 Å². The van der Waals surface area contributed by atoms with E-state index in [-0.39, 0.29) is 5.97 Å². The molecule has 0 radical (unpaired) electrons. The summed E-state index contributed by atoms with van der Waals surface area (Å²) in [4.78, 5) is 10.9. The van der Waals surface area contributed by atoms with Gasteiger partial charge >= 0.3 is 5.97 Å². The lowest BCUT2D eigenvalue weighted by Gasteiger charge is -2.58. The lowest BCUT2D eigenvalue weighted by molar-refractivity contribution is -0.141. The number of ether oxygens (including phenoxy) is 1. The number of rotatable bonds is 6. The fraction of sp³-hybridized carbons (Fsp3) is 0.864. The van der Waals surface area contributed by atoms with Crippen molar-refractivity contribution in [1.82, 2.24) is 0 Å². The van der Waals surface area contributed by atoms with Crippen LogP contribution in [0.5, 0.6) is 0 Å². The van der Waals surface area contributed by atoms with Crippen molar-refractivity contribution in [3.8, 4) is 0 Å². The van der Waals surface area contributed by atoms with Crippen LogP contribution in [-0.2, 0) is 9.53 Å². The van der Waals surface area contributed by atoms with Crippen LogP contribution in [0.4, 0.5) is 0 Å². The average Bonchev–Trinajstić information content (AvgIpc) is 2.45. The van der Waals surface area contributed by atoms with Crippen LogP contribution in [0.15, 0.2) is 12.2 Å². The van der Waals surface area contributed by atoms with Gasteiger partial charge in [0.1, 0.15) is 0 Å². The molecule has 24 heavy (non-hydrogen) atoms. The Bertz CT molecular complexity index is 465. The maximum Gasteiger partial charge on any atom is 0.302 e. The van der Waals surface area contributed by atoms with Crippen LogP contribution >= 0.6 is 0 Å². The molecule has 2 aliphatic rings. The van der Waals surface area contributed by atoms with Gasteiger partial charge in [-0.2, -0.15) is 0 Å². The van der Waals surface area contributed by atoms with Crippen molar-refractivity contribution in [1.29, 1.82) is 0 Å². The molecular formula is C22H38O2. The average molecular weight is 335 g/mol. The van der Waals surface area contributed by atoms with E-state index in [0.717, 1.165) is 12.3 Å². The molecule has 0 aromatic carbocycles. The standard InChI is InChI=1S/C22H38O2/c1-16(12-15-24-18(3)23)8-10-19-17(2)9-11-20-21(4,5)13-7-14-22(19,20)6/h16,19-20H,2,7-15H2,1,3-6H3/t16-,19+,20+,22-/m1/s1. The zero-order valence-electron chi connectivity index (χ0n) is 16.6. The zero-order chi connectivity index (χ0) is 18.0. The number of allylic oxidation sites excluding steroid dienone is 1. The molecule has 2 aliphatic carbocycles. The summed E-state index contributed by atoms with van der Waals surface area (Å²) in [5.74, 6) is 1.96. The van der Waals surface area contributed by atoms with E-state index in [4.69, 9.17) is 4.74 Å². The summed E-state index contributed by atoms with van der Waals surface area (Å²) in [6, 6.07) is 0.